The third-order valence-corrected chi connectivity index (χ3v) is 7.83. The number of aromatic nitrogens is 1. The summed E-state index contributed by atoms with van der Waals surface area (Å²) in [6, 6.07) is 11.4. The van der Waals surface area contributed by atoms with Gasteiger partial charge in [0.2, 0.25) is 0 Å². The summed E-state index contributed by atoms with van der Waals surface area (Å²) >= 11 is 2.65. The van der Waals surface area contributed by atoms with Crippen molar-refractivity contribution in [1.29, 1.82) is 0 Å². The van der Waals surface area contributed by atoms with Crippen molar-refractivity contribution in [3.8, 4) is 11.3 Å². The first-order valence-electron chi connectivity index (χ1n) is 11.4. The van der Waals surface area contributed by atoms with Gasteiger partial charge in [0, 0.05) is 28.1 Å². The van der Waals surface area contributed by atoms with Crippen LogP contribution in [0.1, 0.15) is 36.1 Å². The van der Waals surface area contributed by atoms with Gasteiger partial charge >= 0.3 is 5.97 Å². The van der Waals surface area contributed by atoms with Crippen molar-refractivity contribution in [2.24, 2.45) is 4.99 Å². The molecule has 0 amide bonds. The number of aryl methyl sites for hydroxylation is 1. The highest BCUT2D eigenvalue weighted by Gasteiger charge is 2.33. The second kappa shape index (κ2) is 9.75. The van der Waals surface area contributed by atoms with Crippen LogP contribution in [0.4, 0.5) is 5.69 Å². The number of benzene rings is 1. The summed E-state index contributed by atoms with van der Waals surface area (Å²) in [6.07, 6.45) is 1.62. The average molecular weight is 536 g/mol. The molecule has 0 fully saturated rings. The molecule has 4 aromatic rings. The lowest BCUT2D eigenvalue weighted by molar-refractivity contribution is -0.385. The number of carbonyl (C=O) groups is 1. The Morgan fingerprint density at radius 2 is 2.08 bits per heavy atom. The molecule has 1 aromatic carbocycles. The van der Waals surface area contributed by atoms with Gasteiger partial charge in [-0.15, -0.1) is 11.3 Å². The van der Waals surface area contributed by atoms with Crippen LogP contribution in [-0.2, 0) is 9.53 Å². The fourth-order valence-corrected chi connectivity index (χ4v) is 6.03. The van der Waals surface area contributed by atoms with E-state index in [0.717, 1.165) is 4.88 Å². The predicted octanol–water partition coefficient (Wildman–Crippen LogP) is 4.34. The number of nitrogens with zero attached hydrogens (tertiary/aromatic N) is 3. The third kappa shape index (κ3) is 4.47. The summed E-state index contributed by atoms with van der Waals surface area (Å²) in [5, 5.41) is 13.2. The van der Waals surface area contributed by atoms with E-state index < -0.39 is 16.9 Å². The topological polar surface area (TPSA) is 117 Å². The number of esters is 1. The number of hydrogen-bond donors (Lipinski definition) is 0. The summed E-state index contributed by atoms with van der Waals surface area (Å²) in [4.78, 5) is 43.2. The summed E-state index contributed by atoms with van der Waals surface area (Å²) < 4.78 is 13.1. The normalized spacial score (nSPS) is 15.4. The molecule has 0 aliphatic carbocycles. The van der Waals surface area contributed by atoms with E-state index in [1.807, 2.05) is 17.5 Å². The molecule has 0 saturated heterocycles. The molecule has 1 aliphatic heterocycles. The number of nitro benzene ring substituents is 1. The van der Waals surface area contributed by atoms with Crippen molar-refractivity contribution in [3.05, 3.63) is 105 Å². The van der Waals surface area contributed by atoms with Gasteiger partial charge in [0.15, 0.2) is 4.80 Å². The van der Waals surface area contributed by atoms with Gasteiger partial charge in [0.25, 0.3) is 11.2 Å². The number of allylic oxidation sites excluding steroid dienone is 1. The van der Waals surface area contributed by atoms with Crippen LogP contribution >= 0.6 is 22.7 Å². The third-order valence-electron chi connectivity index (χ3n) is 5.92. The Kier molecular flexibility index (Phi) is 6.48. The summed E-state index contributed by atoms with van der Waals surface area (Å²) in [7, 11) is 0. The van der Waals surface area contributed by atoms with Crippen molar-refractivity contribution in [1.82, 2.24) is 4.57 Å². The molecule has 3 aromatic heterocycles. The van der Waals surface area contributed by atoms with Crippen molar-refractivity contribution in [2.75, 3.05) is 6.61 Å². The fraction of sp³-hybridized carbons (Fsp3) is 0.192. The highest BCUT2D eigenvalue weighted by Crippen LogP contribution is 2.33. The number of fused-ring (bicyclic) bond motifs is 1. The number of ether oxygens (including phenoxy) is 1. The van der Waals surface area contributed by atoms with Crippen LogP contribution < -0.4 is 14.9 Å². The maximum Gasteiger partial charge on any atom is 0.338 e. The van der Waals surface area contributed by atoms with Crippen molar-refractivity contribution in [2.45, 2.75) is 26.8 Å². The minimum absolute atomic E-state index is 0.00473. The lowest BCUT2D eigenvalue weighted by Crippen LogP contribution is -2.39. The van der Waals surface area contributed by atoms with Gasteiger partial charge in [-0.25, -0.2) is 9.79 Å². The van der Waals surface area contributed by atoms with Gasteiger partial charge in [-0.3, -0.25) is 19.5 Å². The molecule has 1 unspecified atom stereocenters. The first kappa shape index (κ1) is 24.6. The molecule has 0 N–H and O–H groups in total. The average Bonchev–Trinajstić information content (AvgIpc) is 3.61. The number of hydrogen-bond acceptors (Lipinski definition) is 9. The van der Waals surface area contributed by atoms with Gasteiger partial charge in [-0.1, -0.05) is 29.5 Å². The van der Waals surface area contributed by atoms with E-state index in [4.69, 9.17) is 9.15 Å². The Morgan fingerprint density at radius 1 is 1.27 bits per heavy atom. The van der Waals surface area contributed by atoms with E-state index >= 15 is 0 Å². The fourth-order valence-electron chi connectivity index (χ4n) is 4.18. The second-order valence-corrected chi connectivity index (χ2v) is 10.3. The lowest BCUT2D eigenvalue weighted by Gasteiger charge is -2.23. The minimum Gasteiger partial charge on any atom is -0.463 e. The Bertz CT molecular complexity index is 1740. The van der Waals surface area contributed by atoms with Crippen LogP contribution in [0.2, 0.25) is 0 Å². The molecule has 9 nitrogen and oxygen atoms in total. The molecular weight excluding hydrogens is 514 g/mol. The number of thiophene rings is 1. The van der Waals surface area contributed by atoms with E-state index in [2.05, 4.69) is 4.99 Å². The Morgan fingerprint density at radius 3 is 2.78 bits per heavy atom. The first-order valence-corrected chi connectivity index (χ1v) is 13.1. The largest absolute Gasteiger partial charge is 0.463 e. The Hall–Kier alpha value is -4.09. The van der Waals surface area contributed by atoms with Crippen molar-refractivity contribution in [3.63, 3.8) is 0 Å². The quantitative estimate of drug-likeness (QED) is 0.206. The van der Waals surface area contributed by atoms with Crippen molar-refractivity contribution >= 4 is 40.4 Å². The molecule has 0 radical (unpaired) electrons. The molecular formula is C26H21N3O6S2. The molecule has 0 spiro atoms. The molecule has 1 aliphatic rings. The van der Waals surface area contributed by atoms with Crippen LogP contribution in [0.5, 0.6) is 0 Å². The van der Waals surface area contributed by atoms with Crippen LogP contribution in [0.15, 0.2) is 73.3 Å². The maximum atomic E-state index is 13.6. The number of furan rings is 1. The molecule has 0 saturated carbocycles. The lowest BCUT2D eigenvalue weighted by atomic mass is 10.0. The standard InChI is InChI=1S/C26H21N3O6S2/c1-4-34-25(31)22-15(3)27-26-28(23(22)20-6-5-11-36-20)24(30)21(37-26)13-17-9-10-19(35-17)16-8-7-14(2)18(12-16)29(32)33/h5-13,23H,4H2,1-3H3. The monoisotopic (exact) mass is 535 g/mol. The second-order valence-electron chi connectivity index (χ2n) is 8.28. The molecule has 1 atom stereocenters. The van der Waals surface area contributed by atoms with Crippen LogP contribution in [-0.4, -0.2) is 22.1 Å². The Balaban J connectivity index is 1.59. The molecule has 37 heavy (non-hydrogen) atoms. The van der Waals surface area contributed by atoms with E-state index in [-0.39, 0.29) is 17.9 Å². The van der Waals surface area contributed by atoms with Gasteiger partial charge in [0.1, 0.15) is 17.6 Å². The smallest absolute Gasteiger partial charge is 0.338 e. The molecule has 4 heterocycles. The van der Waals surface area contributed by atoms with E-state index in [1.54, 1.807) is 51.1 Å². The zero-order valence-electron chi connectivity index (χ0n) is 20.1. The molecule has 5 rings (SSSR count). The van der Waals surface area contributed by atoms with Crippen molar-refractivity contribution < 1.29 is 18.9 Å². The molecule has 0 bridgehead atoms. The predicted molar refractivity (Wildman–Crippen MR) is 140 cm³/mol. The number of rotatable bonds is 6. The van der Waals surface area contributed by atoms with Crippen LogP contribution in [0, 0.1) is 17.0 Å². The summed E-state index contributed by atoms with van der Waals surface area (Å²) in [6.45, 7) is 5.36. The highest BCUT2D eigenvalue weighted by atomic mass is 32.1. The summed E-state index contributed by atoms with van der Waals surface area (Å²) in [5.41, 5.74) is 1.66. The molecule has 11 heteroatoms. The zero-order valence-corrected chi connectivity index (χ0v) is 21.7. The van der Waals surface area contributed by atoms with E-state index in [9.17, 15) is 19.7 Å². The van der Waals surface area contributed by atoms with Gasteiger partial charge in [-0.2, -0.15) is 0 Å². The minimum atomic E-state index is -0.641. The SMILES string of the molecule is CCOC(=O)C1=C(C)N=c2sc(=Cc3ccc(-c4ccc(C)c([N+](=O)[O-])c4)o3)c(=O)n2C1c1cccs1. The number of thiazole rings is 1. The first-order chi connectivity index (χ1) is 17.8. The Labute approximate surface area is 218 Å². The van der Waals surface area contributed by atoms with Gasteiger partial charge in [0.05, 0.1) is 27.3 Å². The summed E-state index contributed by atoms with van der Waals surface area (Å²) in [5.74, 6) is 0.357. The zero-order chi connectivity index (χ0) is 26.3. The number of carbonyl (C=O) groups excluding carboxylic acids is 1. The van der Waals surface area contributed by atoms with E-state index in [0.29, 0.717) is 43.3 Å². The van der Waals surface area contributed by atoms with Crippen LogP contribution in [0.25, 0.3) is 17.4 Å². The number of nitro groups is 1. The maximum absolute atomic E-state index is 13.6. The van der Waals surface area contributed by atoms with Gasteiger partial charge < -0.3 is 9.15 Å². The van der Waals surface area contributed by atoms with Crippen LogP contribution in [0.3, 0.4) is 0 Å². The molecule has 188 valence electrons. The van der Waals surface area contributed by atoms with Gasteiger partial charge in [-0.05, 0) is 44.4 Å². The highest BCUT2D eigenvalue weighted by molar-refractivity contribution is 7.10. The van der Waals surface area contributed by atoms with E-state index in [1.165, 1.54) is 33.3 Å².